The van der Waals surface area contributed by atoms with E-state index in [9.17, 15) is 22.8 Å². The van der Waals surface area contributed by atoms with Crippen molar-refractivity contribution in [2.75, 3.05) is 49.8 Å². The highest BCUT2D eigenvalue weighted by atomic mass is 19.4. The molecule has 2 aromatic carbocycles. The van der Waals surface area contributed by atoms with Crippen molar-refractivity contribution in [3.63, 3.8) is 0 Å². The second kappa shape index (κ2) is 11.2. The van der Waals surface area contributed by atoms with Crippen LogP contribution in [0.15, 0.2) is 60.9 Å². The number of carbonyl (C=O) groups excluding carboxylic acids is 2. The van der Waals surface area contributed by atoms with Crippen LogP contribution in [0.1, 0.15) is 31.8 Å². The average Bonchev–Trinajstić information content (AvgIpc) is 2.83. The molecule has 0 spiro atoms. The Hall–Kier alpha value is -3.92. The number of aromatic nitrogens is 1. The van der Waals surface area contributed by atoms with Crippen LogP contribution in [-0.2, 0) is 6.18 Å². The molecule has 3 rings (SSSR count). The molecule has 0 saturated carbocycles. The van der Waals surface area contributed by atoms with Crippen LogP contribution in [0.4, 0.5) is 30.2 Å². The lowest BCUT2D eigenvalue weighted by Crippen LogP contribution is -2.28. The highest BCUT2D eigenvalue weighted by Gasteiger charge is 2.31. The van der Waals surface area contributed by atoms with Crippen LogP contribution >= 0.6 is 0 Å². The fourth-order valence-corrected chi connectivity index (χ4v) is 3.37. The first kappa shape index (κ1) is 26.7. The van der Waals surface area contributed by atoms with E-state index in [1.165, 1.54) is 24.4 Å². The molecule has 0 aliphatic carbocycles. The third-order valence-electron chi connectivity index (χ3n) is 5.50. The maximum Gasteiger partial charge on any atom is 0.416 e. The molecule has 190 valence electrons. The molecular weight excluding hydrogens is 471 g/mol. The SMILES string of the molecule is Cc1ccc(NC(=O)c2cccc(C(F)(F)F)c2)cc1C(=O)Nc1cncc(N(C)CCN(C)C)c1. The average molecular weight is 500 g/mol. The molecule has 0 aliphatic rings. The summed E-state index contributed by atoms with van der Waals surface area (Å²) in [4.78, 5) is 33.9. The van der Waals surface area contributed by atoms with E-state index in [1.54, 1.807) is 25.3 Å². The van der Waals surface area contributed by atoms with Gasteiger partial charge in [-0.3, -0.25) is 14.6 Å². The van der Waals surface area contributed by atoms with Gasteiger partial charge in [-0.15, -0.1) is 0 Å². The molecule has 36 heavy (non-hydrogen) atoms. The number of nitrogens with zero attached hydrogens (tertiary/aromatic N) is 3. The standard InChI is InChI=1S/C26H28F3N5O2/c1-17-8-9-20(31-24(35)18-6-5-7-19(12-18)26(27,28)29)14-23(17)25(36)32-21-13-22(16-30-15-21)34(4)11-10-33(2)3/h5-9,12-16H,10-11H2,1-4H3,(H,31,35)(H,32,36). The van der Waals surface area contributed by atoms with Crippen molar-refractivity contribution in [3.8, 4) is 0 Å². The normalized spacial score (nSPS) is 11.3. The summed E-state index contributed by atoms with van der Waals surface area (Å²) in [5, 5.41) is 5.38. The first-order valence-electron chi connectivity index (χ1n) is 11.2. The lowest BCUT2D eigenvalue weighted by Gasteiger charge is -2.21. The number of carbonyl (C=O) groups is 2. The predicted octanol–water partition coefficient (Wildman–Crippen LogP) is 4.91. The second-order valence-electron chi connectivity index (χ2n) is 8.67. The molecule has 10 heteroatoms. The maximum absolute atomic E-state index is 13.0. The summed E-state index contributed by atoms with van der Waals surface area (Å²) in [7, 11) is 5.91. The quantitative estimate of drug-likeness (QED) is 0.461. The Labute approximate surface area is 207 Å². The zero-order chi connectivity index (χ0) is 26.5. The third-order valence-corrected chi connectivity index (χ3v) is 5.50. The fraction of sp³-hybridized carbons (Fsp3) is 0.269. The van der Waals surface area contributed by atoms with E-state index in [0.717, 1.165) is 30.9 Å². The Kier molecular flexibility index (Phi) is 8.31. The highest BCUT2D eigenvalue weighted by Crippen LogP contribution is 2.30. The number of hydrogen-bond acceptors (Lipinski definition) is 5. The zero-order valence-corrected chi connectivity index (χ0v) is 20.5. The number of benzene rings is 2. The van der Waals surface area contributed by atoms with Crippen LogP contribution in [0.25, 0.3) is 0 Å². The smallest absolute Gasteiger partial charge is 0.372 e. The van der Waals surface area contributed by atoms with Gasteiger partial charge in [-0.05, 0) is 63.0 Å². The number of likely N-dealkylation sites (N-methyl/N-ethyl adjacent to an activating group) is 2. The van der Waals surface area contributed by atoms with E-state index in [0.29, 0.717) is 16.8 Å². The van der Waals surface area contributed by atoms with Crippen molar-refractivity contribution in [1.82, 2.24) is 9.88 Å². The minimum absolute atomic E-state index is 0.141. The number of hydrogen-bond donors (Lipinski definition) is 2. The van der Waals surface area contributed by atoms with Crippen LogP contribution in [0.2, 0.25) is 0 Å². The summed E-state index contributed by atoms with van der Waals surface area (Å²) in [6.45, 7) is 3.38. The van der Waals surface area contributed by atoms with Crippen LogP contribution in [-0.4, -0.2) is 55.9 Å². The molecule has 1 heterocycles. The van der Waals surface area contributed by atoms with Crippen molar-refractivity contribution in [2.45, 2.75) is 13.1 Å². The summed E-state index contributed by atoms with van der Waals surface area (Å²) in [5.41, 5.74) is 1.55. The zero-order valence-electron chi connectivity index (χ0n) is 20.5. The molecule has 0 bridgehead atoms. The molecule has 0 atom stereocenters. The Morgan fingerprint density at radius 2 is 1.61 bits per heavy atom. The number of aryl methyl sites for hydroxylation is 1. The van der Waals surface area contributed by atoms with E-state index >= 15 is 0 Å². The van der Waals surface area contributed by atoms with Gasteiger partial charge in [0.05, 0.1) is 29.3 Å². The molecule has 1 aromatic heterocycles. The lowest BCUT2D eigenvalue weighted by molar-refractivity contribution is -0.137. The second-order valence-corrected chi connectivity index (χ2v) is 8.67. The summed E-state index contributed by atoms with van der Waals surface area (Å²) in [6, 6.07) is 10.7. The number of alkyl halides is 3. The van der Waals surface area contributed by atoms with E-state index in [2.05, 4.69) is 20.5 Å². The Balaban J connectivity index is 1.74. The maximum atomic E-state index is 13.0. The molecule has 0 radical (unpaired) electrons. The highest BCUT2D eigenvalue weighted by molar-refractivity contribution is 6.08. The molecule has 2 amide bonds. The van der Waals surface area contributed by atoms with Gasteiger partial charge >= 0.3 is 6.18 Å². The van der Waals surface area contributed by atoms with Crippen LogP contribution < -0.4 is 15.5 Å². The summed E-state index contributed by atoms with van der Waals surface area (Å²) < 4.78 is 38.9. The topological polar surface area (TPSA) is 77.6 Å². The van der Waals surface area contributed by atoms with Gasteiger partial charge in [0.1, 0.15) is 0 Å². The molecular formula is C26H28F3N5O2. The fourth-order valence-electron chi connectivity index (χ4n) is 3.37. The largest absolute Gasteiger partial charge is 0.416 e. The van der Waals surface area contributed by atoms with Crippen LogP contribution in [0.5, 0.6) is 0 Å². The minimum atomic E-state index is -4.56. The molecule has 0 aliphatic heterocycles. The third kappa shape index (κ3) is 7.05. The molecule has 3 aromatic rings. The Morgan fingerprint density at radius 1 is 0.889 bits per heavy atom. The van der Waals surface area contributed by atoms with Crippen molar-refractivity contribution in [3.05, 3.63) is 83.2 Å². The van der Waals surface area contributed by atoms with Gasteiger partial charge in [0, 0.05) is 37.0 Å². The summed E-state index contributed by atoms with van der Waals surface area (Å²) in [5.74, 6) is -1.12. The first-order chi connectivity index (χ1) is 16.9. The Morgan fingerprint density at radius 3 is 2.31 bits per heavy atom. The van der Waals surface area contributed by atoms with Crippen LogP contribution in [0.3, 0.4) is 0 Å². The van der Waals surface area contributed by atoms with Gasteiger partial charge in [-0.2, -0.15) is 13.2 Å². The van der Waals surface area contributed by atoms with Gasteiger partial charge in [0.15, 0.2) is 0 Å². The van der Waals surface area contributed by atoms with Crippen molar-refractivity contribution in [2.24, 2.45) is 0 Å². The van der Waals surface area contributed by atoms with E-state index in [1.807, 2.05) is 32.1 Å². The van der Waals surface area contributed by atoms with Gasteiger partial charge in [0.2, 0.25) is 0 Å². The van der Waals surface area contributed by atoms with E-state index in [-0.39, 0.29) is 11.3 Å². The first-order valence-corrected chi connectivity index (χ1v) is 11.2. The van der Waals surface area contributed by atoms with Crippen LogP contribution in [0, 0.1) is 6.92 Å². The molecule has 7 nitrogen and oxygen atoms in total. The van der Waals surface area contributed by atoms with E-state index in [4.69, 9.17) is 0 Å². The van der Waals surface area contributed by atoms with Gasteiger partial charge in [-0.25, -0.2) is 0 Å². The van der Waals surface area contributed by atoms with Crippen molar-refractivity contribution >= 4 is 28.9 Å². The minimum Gasteiger partial charge on any atom is -0.372 e. The number of nitrogens with one attached hydrogen (secondary N) is 2. The number of halogens is 3. The monoisotopic (exact) mass is 499 g/mol. The van der Waals surface area contributed by atoms with Gasteiger partial charge in [-0.1, -0.05) is 12.1 Å². The van der Waals surface area contributed by atoms with Gasteiger partial charge < -0.3 is 20.4 Å². The summed E-state index contributed by atoms with van der Waals surface area (Å²) >= 11 is 0. The van der Waals surface area contributed by atoms with Crippen molar-refractivity contribution in [1.29, 1.82) is 0 Å². The lowest BCUT2D eigenvalue weighted by atomic mass is 10.1. The number of rotatable bonds is 8. The number of anilines is 3. The van der Waals surface area contributed by atoms with Gasteiger partial charge in [0.25, 0.3) is 11.8 Å². The number of amides is 2. The van der Waals surface area contributed by atoms with Crippen molar-refractivity contribution < 1.29 is 22.8 Å². The van der Waals surface area contributed by atoms with E-state index < -0.39 is 23.6 Å². The Bertz CT molecular complexity index is 1240. The predicted molar refractivity (Wildman–Crippen MR) is 135 cm³/mol. The molecule has 2 N–H and O–H groups in total. The molecule has 0 saturated heterocycles. The molecule has 0 unspecified atom stereocenters. The summed E-state index contributed by atoms with van der Waals surface area (Å²) in [6.07, 6.45) is -1.31. The number of pyridine rings is 1. The molecule has 0 fully saturated rings.